The molecule has 8 heteroatoms. The zero-order chi connectivity index (χ0) is 15.5. The number of ether oxygens (including phenoxy) is 1. The molecule has 2 N–H and O–H groups in total. The highest BCUT2D eigenvalue weighted by Gasteiger charge is 2.26. The molecule has 1 unspecified atom stereocenters. The third-order valence-electron chi connectivity index (χ3n) is 3.16. The molecule has 1 aromatic rings. The summed E-state index contributed by atoms with van der Waals surface area (Å²) in [5, 5.41) is 3.19. The van der Waals surface area contributed by atoms with Crippen molar-refractivity contribution in [3.8, 4) is 0 Å². The Morgan fingerprint density at radius 3 is 2.86 bits per heavy atom. The van der Waals surface area contributed by atoms with Crippen LogP contribution in [0.15, 0.2) is 20.0 Å². The van der Waals surface area contributed by atoms with Crippen molar-refractivity contribution in [1.29, 1.82) is 0 Å². The summed E-state index contributed by atoms with van der Waals surface area (Å²) in [5.74, 6) is 0.579. The van der Waals surface area contributed by atoms with Gasteiger partial charge in [-0.3, -0.25) is 0 Å². The van der Waals surface area contributed by atoms with Gasteiger partial charge in [-0.1, -0.05) is 13.8 Å². The first kappa shape index (κ1) is 17.0. The second-order valence-corrected chi connectivity index (χ2v) is 7.82. The molecular formula is C13H21BrN2O4S. The van der Waals surface area contributed by atoms with Gasteiger partial charge < -0.3 is 14.5 Å². The van der Waals surface area contributed by atoms with Gasteiger partial charge in [0.05, 0.1) is 13.2 Å². The van der Waals surface area contributed by atoms with Crippen LogP contribution >= 0.6 is 15.9 Å². The molecule has 0 aliphatic carbocycles. The molecule has 6 nitrogen and oxygen atoms in total. The molecule has 1 saturated heterocycles. The monoisotopic (exact) mass is 380 g/mol. The zero-order valence-corrected chi connectivity index (χ0v) is 14.6. The van der Waals surface area contributed by atoms with E-state index in [1.165, 1.54) is 0 Å². The van der Waals surface area contributed by atoms with Crippen LogP contribution in [0.4, 0.5) is 0 Å². The Labute approximate surface area is 133 Å². The standard InChI is InChI=1S/C13H21BrN2O4S/c1-9(2)15-7-11-6-12(13(14)20-11)21(17,18)16-10-4-3-5-19-8-10/h6,9-10,15-16H,3-5,7-8H2,1-2H3. The summed E-state index contributed by atoms with van der Waals surface area (Å²) in [6.45, 7) is 5.62. The van der Waals surface area contributed by atoms with Crippen LogP contribution in [0, 0.1) is 0 Å². The van der Waals surface area contributed by atoms with Gasteiger partial charge in [-0.05, 0) is 28.8 Å². The molecule has 1 aliphatic rings. The summed E-state index contributed by atoms with van der Waals surface area (Å²) in [6, 6.07) is 1.67. The number of hydrogen-bond acceptors (Lipinski definition) is 5. The van der Waals surface area contributed by atoms with E-state index in [-0.39, 0.29) is 15.6 Å². The van der Waals surface area contributed by atoms with Crippen LogP contribution in [-0.2, 0) is 21.3 Å². The summed E-state index contributed by atoms with van der Waals surface area (Å²) in [7, 11) is -3.61. The van der Waals surface area contributed by atoms with Gasteiger partial charge >= 0.3 is 0 Å². The molecule has 21 heavy (non-hydrogen) atoms. The van der Waals surface area contributed by atoms with E-state index < -0.39 is 10.0 Å². The smallest absolute Gasteiger partial charge is 0.245 e. The zero-order valence-electron chi connectivity index (χ0n) is 12.2. The molecule has 2 heterocycles. The minimum absolute atomic E-state index is 0.133. The molecular weight excluding hydrogens is 360 g/mol. The number of rotatable bonds is 6. The first-order valence-corrected chi connectivity index (χ1v) is 9.28. The van der Waals surface area contributed by atoms with E-state index >= 15 is 0 Å². The maximum atomic E-state index is 12.4. The minimum atomic E-state index is -3.61. The van der Waals surface area contributed by atoms with Crippen molar-refractivity contribution < 1.29 is 17.6 Å². The number of furan rings is 1. The van der Waals surface area contributed by atoms with E-state index in [4.69, 9.17) is 9.15 Å². The van der Waals surface area contributed by atoms with E-state index in [0.29, 0.717) is 31.6 Å². The predicted molar refractivity (Wildman–Crippen MR) is 82.5 cm³/mol. The summed E-state index contributed by atoms with van der Waals surface area (Å²) in [4.78, 5) is 0.133. The Morgan fingerprint density at radius 1 is 1.48 bits per heavy atom. The quantitative estimate of drug-likeness (QED) is 0.788. The SMILES string of the molecule is CC(C)NCc1cc(S(=O)(=O)NC2CCCOC2)c(Br)o1. The van der Waals surface area contributed by atoms with Gasteiger partial charge in [0.25, 0.3) is 0 Å². The molecule has 1 aliphatic heterocycles. The highest BCUT2D eigenvalue weighted by molar-refractivity contribution is 9.10. The molecule has 1 fully saturated rings. The fourth-order valence-electron chi connectivity index (χ4n) is 2.09. The maximum absolute atomic E-state index is 12.4. The van der Waals surface area contributed by atoms with Crippen molar-refractivity contribution in [2.75, 3.05) is 13.2 Å². The van der Waals surface area contributed by atoms with Crippen molar-refractivity contribution in [3.05, 3.63) is 16.5 Å². The lowest BCUT2D eigenvalue weighted by Gasteiger charge is -2.22. The largest absolute Gasteiger partial charge is 0.452 e. The third kappa shape index (κ3) is 4.79. The molecule has 1 aromatic heterocycles. The molecule has 0 aromatic carbocycles. The van der Waals surface area contributed by atoms with E-state index in [0.717, 1.165) is 12.8 Å². The van der Waals surface area contributed by atoms with E-state index in [1.54, 1.807) is 6.07 Å². The summed E-state index contributed by atoms with van der Waals surface area (Å²) < 4.78 is 38.4. The second kappa shape index (κ2) is 7.23. The van der Waals surface area contributed by atoms with E-state index in [2.05, 4.69) is 26.0 Å². The second-order valence-electron chi connectivity index (χ2n) is 5.42. The molecule has 0 saturated carbocycles. The van der Waals surface area contributed by atoms with Crippen LogP contribution < -0.4 is 10.0 Å². The van der Waals surface area contributed by atoms with Crippen LogP contribution in [-0.4, -0.2) is 33.7 Å². The van der Waals surface area contributed by atoms with Gasteiger partial charge in [0.2, 0.25) is 10.0 Å². The molecule has 2 rings (SSSR count). The Hall–Kier alpha value is -0.410. The van der Waals surface area contributed by atoms with Crippen molar-refractivity contribution in [2.24, 2.45) is 0 Å². The minimum Gasteiger partial charge on any atom is -0.452 e. The predicted octanol–water partition coefficient (Wildman–Crippen LogP) is 2.00. The van der Waals surface area contributed by atoms with Crippen LogP contribution in [0.5, 0.6) is 0 Å². The lowest BCUT2D eigenvalue weighted by Crippen LogP contribution is -2.40. The lowest BCUT2D eigenvalue weighted by molar-refractivity contribution is 0.0774. The van der Waals surface area contributed by atoms with Gasteiger partial charge in [-0.2, -0.15) is 0 Å². The molecule has 1 atom stereocenters. The average Bonchev–Trinajstić information content (AvgIpc) is 2.79. The van der Waals surface area contributed by atoms with Crippen LogP contribution in [0.25, 0.3) is 0 Å². The molecule has 0 spiro atoms. The van der Waals surface area contributed by atoms with Crippen LogP contribution in [0.1, 0.15) is 32.4 Å². The van der Waals surface area contributed by atoms with E-state index in [1.807, 2.05) is 13.8 Å². The van der Waals surface area contributed by atoms with Gasteiger partial charge in [0.1, 0.15) is 10.7 Å². The summed E-state index contributed by atoms with van der Waals surface area (Å²) in [5.41, 5.74) is 0. The van der Waals surface area contributed by atoms with Crippen molar-refractivity contribution >= 4 is 26.0 Å². The third-order valence-corrected chi connectivity index (χ3v) is 5.54. The number of nitrogens with one attached hydrogen (secondary N) is 2. The summed E-state index contributed by atoms with van der Waals surface area (Å²) >= 11 is 3.18. The summed E-state index contributed by atoms with van der Waals surface area (Å²) in [6.07, 6.45) is 1.65. The van der Waals surface area contributed by atoms with Crippen LogP contribution in [0.3, 0.4) is 0 Å². The average molecular weight is 381 g/mol. The van der Waals surface area contributed by atoms with Gasteiger partial charge in [0, 0.05) is 24.8 Å². The number of hydrogen-bond donors (Lipinski definition) is 2. The van der Waals surface area contributed by atoms with Crippen molar-refractivity contribution in [3.63, 3.8) is 0 Å². The molecule has 0 amide bonds. The lowest BCUT2D eigenvalue weighted by atomic mass is 10.1. The van der Waals surface area contributed by atoms with Gasteiger partial charge in [-0.25, -0.2) is 13.1 Å². The molecule has 120 valence electrons. The van der Waals surface area contributed by atoms with Gasteiger partial charge in [-0.15, -0.1) is 0 Å². The first-order chi connectivity index (χ1) is 9.88. The Kier molecular flexibility index (Phi) is 5.84. The van der Waals surface area contributed by atoms with Gasteiger partial charge in [0.15, 0.2) is 4.67 Å². The highest BCUT2D eigenvalue weighted by Crippen LogP contribution is 2.26. The van der Waals surface area contributed by atoms with Crippen molar-refractivity contribution in [2.45, 2.75) is 50.2 Å². The molecule has 0 bridgehead atoms. The molecule has 0 radical (unpaired) electrons. The highest BCUT2D eigenvalue weighted by atomic mass is 79.9. The number of halogens is 1. The fraction of sp³-hybridized carbons (Fsp3) is 0.692. The Bertz CT molecular complexity index is 565. The van der Waals surface area contributed by atoms with E-state index in [9.17, 15) is 8.42 Å². The van der Waals surface area contributed by atoms with Crippen LogP contribution in [0.2, 0.25) is 0 Å². The normalized spacial score (nSPS) is 20.1. The first-order valence-electron chi connectivity index (χ1n) is 7.00. The topological polar surface area (TPSA) is 80.6 Å². The Balaban J connectivity index is 2.08. The fourth-order valence-corrected chi connectivity index (χ4v) is 4.34. The Morgan fingerprint density at radius 2 is 2.24 bits per heavy atom. The van der Waals surface area contributed by atoms with Crippen molar-refractivity contribution in [1.82, 2.24) is 10.0 Å². The maximum Gasteiger partial charge on any atom is 0.245 e. The number of sulfonamides is 1.